The zero-order valence-electron chi connectivity index (χ0n) is 13.4. The van der Waals surface area contributed by atoms with E-state index in [0.717, 1.165) is 19.4 Å². The second-order valence-corrected chi connectivity index (χ2v) is 5.98. The highest BCUT2D eigenvalue weighted by molar-refractivity contribution is 5.67. The third-order valence-corrected chi connectivity index (χ3v) is 2.65. The van der Waals surface area contributed by atoms with E-state index in [-0.39, 0.29) is 6.09 Å². The molecule has 0 bridgehead atoms. The highest BCUT2D eigenvalue weighted by Crippen LogP contribution is 2.06. The van der Waals surface area contributed by atoms with Crippen molar-refractivity contribution in [3.05, 3.63) is 0 Å². The van der Waals surface area contributed by atoms with Crippen LogP contribution in [0.1, 0.15) is 60.3 Å². The first-order valence-corrected chi connectivity index (χ1v) is 7.58. The zero-order valence-corrected chi connectivity index (χ0v) is 13.4. The first-order valence-electron chi connectivity index (χ1n) is 7.58. The standard InChI is InChI=1S/C15H32N2O2/c1-6-11-17(12-7-2)13-9-8-10-16-14(18)19-15(3,4)5/h6-13H2,1-5H3,(H,16,18). The smallest absolute Gasteiger partial charge is 0.407 e. The van der Waals surface area contributed by atoms with Crippen LogP contribution < -0.4 is 5.32 Å². The molecular formula is C15H32N2O2. The number of rotatable bonds is 9. The maximum atomic E-state index is 11.4. The molecule has 0 aromatic rings. The van der Waals surface area contributed by atoms with Gasteiger partial charge < -0.3 is 15.0 Å². The van der Waals surface area contributed by atoms with Gasteiger partial charge in [0, 0.05) is 6.54 Å². The molecule has 1 N–H and O–H groups in total. The predicted octanol–water partition coefficient (Wildman–Crippen LogP) is 3.41. The molecule has 4 heteroatoms. The minimum atomic E-state index is -0.414. The fourth-order valence-corrected chi connectivity index (χ4v) is 1.93. The monoisotopic (exact) mass is 272 g/mol. The highest BCUT2D eigenvalue weighted by atomic mass is 16.6. The van der Waals surface area contributed by atoms with Crippen LogP contribution in [0, 0.1) is 0 Å². The molecule has 0 atom stereocenters. The summed E-state index contributed by atoms with van der Waals surface area (Å²) in [6, 6.07) is 0. The van der Waals surface area contributed by atoms with E-state index in [1.54, 1.807) is 0 Å². The van der Waals surface area contributed by atoms with E-state index in [1.165, 1.54) is 25.9 Å². The number of hydrogen-bond donors (Lipinski definition) is 1. The quantitative estimate of drug-likeness (QED) is 0.654. The van der Waals surface area contributed by atoms with Gasteiger partial charge >= 0.3 is 6.09 Å². The molecule has 0 saturated carbocycles. The van der Waals surface area contributed by atoms with Crippen molar-refractivity contribution in [2.75, 3.05) is 26.2 Å². The number of carbonyl (C=O) groups is 1. The summed E-state index contributed by atoms with van der Waals surface area (Å²) >= 11 is 0. The minimum Gasteiger partial charge on any atom is -0.444 e. The summed E-state index contributed by atoms with van der Waals surface area (Å²) < 4.78 is 5.18. The second kappa shape index (κ2) is 10.1. The molecule has 19 heavy (non-hydrogen) atoms. The number of hydrogen-bond acceptors (Lipinski definition) is 3. The Kier molecular flexibility index (Phi) is 9.66. The summed E-state index contributed by atoms with van der Waals surface area (Å²) in [5.41, 5.74) is -0.414. The molecule has 0 rings (SSSR count). The SMILES string of the molecule is CCCN(CCC)CCCCNC(=O)OC(C)(C)C. The number of amides is 1. The molecule has 114 valence electrons. The lowest BCUT2D eigenvalue weighted by Crippen LogP contribution is -2.33. The molecule has 4 nitrogen and oxygen atoms in total. The van der Waals surface area contributed by atoms with E-state index in [4.69, 9.17) is 4.74 Å². The van der Waals surface area contributed by atoms with E-state index in [1.807, 2.05) is 20.8 Å². The molecule has 0 aliphatic heterocycles. The maximum absolute atomic E-state index is 11.4. The van der Waals surface area contributed by atoms with Crippen molar-refractivity contribution in [1.82, 2.24) is 10.2 Å². The van der Waals surface area contributed by atoms with Gasteiger partial charge in [-0.15, -0.1) is 0 Å². The fraction of sp³-hybridized carbons (Fsp3) is 0.933. The lowest BCUT2D eigenvalue weighted by atomic mass is 10.2. The Bertz CT molecular complexity index is 231. The van der Waals surface area contributed by atoms with Gasteiger partial charge in [0.1, 0.15) is 5.60 Å². The van der Waals surface area contributed by atoms with Crippen molar-refractivity contribution in [2.45, 2.75) is 65.9 Å². The molecule has 0 saturated heterocycles. The van der Waals surface area contributed by atoms with Gasteiger partial charge in [-0.1, -0.05) is 13.8 Å². The number of nitrogens with one attached hydrogen (secondary N) is 1. The van der Waals surface area contributed by atoms with Crippen LogP contribution in [0.5, 0.6) is 0 Å². The summed E-state index contributed by atoms with van der Waals surface area (Å²) in [5.74, 6) is 0. The molecule has 0 fully saturated rings. The van der Waals surface area contributed by atoms with Crippen LogP contribution in [0.15, 0.2) is 0 Å². The van der Waals surface area contributed by atoms with E-state index >= 15 is 0 Å². The van der Waals surface area contributed by atoms with Crippen molar-refractivity contribution in [2.24, 2.45) is 0 Å². The van der Waals surface area contributed by atoms with Crippen molar-refractivity contribution in [3.8, 4) is 0 Å². The van der Waals surface area contributed by atoms with Gasteiger partial charge in [0.2, 0.25) is 0 Å². The number of ether oxygens (including phenoxy) is 1. The lowest BCUT2D eigenvalue weighted by Gasteiger charge is -2.21. The van der Waals surface area contributed by atoms with Crippen molar-refractivity contribution in [1.29, 1.82) is 0 Å². The van der Waals surface area contributed by atoms with E-state index in [9.17, 15) is 4.79 Å². The summed E-state index contributed by atoms with van der Waals surface area (Å²) in [4.78, 5) is 13.9. The molecule has 0 heterocycles. The Balaban J connectivity index is 3.60. The predicted molar refractivity (Wildman–Crippen MR) is 80.5 cm³/mol. The van der Waals surface area contributed by atoms with E-state index in [0.29, 0.717) is 6.54 Å². The Morgan fingerprint density at radius 3 is 2.11 bits per heavy atom. The number of alkyl carbamates (subject to hydrolysis) is 1. The third-order valence-electron chi connectivity index (χ3n) is 2.65. The molecule has 0 aromatic carbocycles. The molecule has 1 amide bonds. The van der Waals surface area contributed by atoms with Crippen molar-refractivity contribution in [3.63, 3.8) is 0 Å². The van der Waals surface area contributed by atoms with Crippen LogP contribution in [-0.4, -0.2) is 42.8 Å². The normalized spacial score (nSPS) is 11.7. The molecule has 0 unspecified atom stereocenters. The van der Waals surface area contributed by atoms with E-state index in [2.05, 4.69) is 24.1 Å². The van der Waals surface area contributed by atoms with Crippen LogP contribution in [0.25, 0.3) is 0 Å². The summed E-state index contributed by atoms with van der Waals surface area (Å²) in [5, 5.41) is 2.80. The Morgan fingerprint density at radius 2 is 1.63 bits per heavy atom. The van der Waals surface area contributed by atoms with Crippen LogP contribution in [-0.2, 0) is 4.74 Å². The number of nitrogens with zero attached hydrogens (tertiary/aromatic N) is 1. The Morgan fingerprint density at radius 1 is 1.05 bits per heavy atom. The van der Waals surface area contributed by atoms with Gasteiger partial charge in [0.05, 0.1) is 0 Å². The molecular weight excluding hydrogens is 240 g/mol. The fourth-order valence-electron chi connectivity index (χ4n) is 1.93. The Labute approximate surface area is 118 Å². The third kappa shape index (κ3) is 12.0. The van der Waals surface area contributed by atoms with Crippen LogP contribution in [0.2, 0.25) is 0 Å². The summed E-state index contributed by atoms with van der Waals surface area (Å²) in [7, 11) is 0. The van der Waals surface area contributed by atoms with E-state index < -0.39 is 5.60 Å². The summed E-state index contributed by atoms with van der Waals surface area (Å²) in [6.07, 6.45) is 4.22. The highest BCUT2D eigenvalue weighted by Gasteiger charge is 2.15. The molecule has 0 aromatic heterocycles. The average Bonchev–Trinajstić information content (AvgIpc) is 2.26. The number of unbranched alkanes of at least 4 members (excludes halogenated alkanes) is 1. The zero-order chi connectivity index (χ0) is 14.7. The minimum absolute atomic E-state index is 0.313. The first-order chi connectivity index (χ1) is 8.89. The van der Waals surface area contributed by atoms with Crippen molar-refractivity contribution < 1.29 is 9.53 Å². The summed E-state index contributed by atoms with van der Waals surface area (Å²) in [6.45, 7) is 14.2. The molecule has 0 radical (unpaired) electrons. The average molecular weight is 272 g/mol. The van der Waals surface area contributed by atoms with Gasteiger partial charge in [-0.2, -0.15) is 0 Å². The van der Waals surface area contributed by atoms with Gasteiger partial charge in [-0.25, -0.2) is 4.79 Å². The molecule has 0 aliphatic rings. The Hall–Kier alpha value is -0.770. The van der Waals surface area contributed by atoms with Crippen LogP contribution in [0.3, 0.4) is 0 Å². The maximum Gasteiger partial charge on any atom is 0.407 e. The second-order valence-electron chi connectivity index (χ2n) is 5.98. The molecule has 0 spiro atoms. The largest absolute Gasteiger partial charge is 0.444 e. The first kappa shape index (κ1) is 18.2. The topological polar surface area (TPSA) is 41.6 Å². The lowest BCUT2D eigenvalue weighted by molar-refractivity contribution is 0.0526. The van der Waals surface area contributed by atoms with Gasteiger partial charge in [0.25, 0.3) is 0 Å². The van der Waals surface area contributed by atoms with Crippen LogP contribution >= 0.6 is 0 Å². The van der Waals surface area contributed by atoms with Gasteiger partial charge in [-0.05, 0) is 66.1 Å². The van der Waals surface area contributed by atoms with Crippen LogP contribution in [0.4, 0.5) is 4.79 Å². The van der Waals surface area contributed by atoms with Crippen molar-refractivity contribution >= 4 is 6.09 Å². The van der Waals surface area contributed by atoms with Gasteiger partial charge in [-0.3, -0.25) is 0 Å². The van der Waals surface area contributed by atoms with Gasteiger partial charge in [0.15, 0.2) is 0 Å². The number of carbonyl (C=O) groups excluding carboxylic acids is 1. The molecule has 0 aliphatic carbocycles.